The number of pyridine rings is 2. The molecule has 0 amide bonds. The predicted molar refractivity (Wildman–Crippen MR) is 128 cm³/mol. The molecule has 33 heavy (non-hydrogen) atoms. The number of hydrogen-bond acceptors (Lipinski definition) is 6. The predicted octanol–water partition coefficient (Wildman–Crippen LogP) is 4.07. The van der Waals surface area contributed by atoms with Crippen molar-refractivity contribution in [3.05, 3.63) is 72.4 Å². The molecule has 1 fully saturated rings. The number of benzene rings is 1. The van der Waals surface area contributed by atoms with E-state index in [2.05, 4.69) is 52.0 Å². The molecule has 0 unspecified atom stereocenters. The van der Waals surface area contributed by atoms with Crippen LogP contribution in [0.4, 0.5) is 5.82 Å². The number of fused-ring (bicyclic) bond motifs is 1. The van der Waals surface area contributed by atoms with Gasteiger partial charge in [0.25, 0.3) is 0 Å². The van der Waals surface area contributed by atoms with Crippen molar-refractivity contribution >= 4 is 22.4 Å². The summed E-state index contributed by atoms with van der Waals surface area (Å²) in [5.74, 6) is 0.846. The van der Waals surface area contributed by atoms with Gasteiger partial charge in [-0.25, -0.2) is 4.98 Å². The van der Waals surface area contributed by atoms with Gasteiger partial charge in [0.1, 0.15) is 5.82 Å². The number of carbonyl (C=O) groups is 1. The van der Waals surface area contributed by atoms with Crippen molar-refractivity contribution < 1.29 is 9.53 Å². The third kappa shape index (κ3) is 4.64. The van der Waals surface area contributed by atoms with Gasteiger partial charge in [-0.3, -0.25) is 14.5 Å². The van der Waals surface area contributed by atoms with Crippen molar-refractivity contribution in [1.29, 1.82) is 0 Å². The Bertz CT molecular complexity index is 1310. The highest BCUT2D eigenvalue weighted by Crippen LogP contribution is 2.25. The summed E-state index contributed by atoms with van der Waals surface area (Å²) in [6, 6.07) is 11.9. The number of carbonyl (C=O) groups excluding carboxylic acids is 1. The molecule has 0 spiro atoms. The van der Waals surface area contributed by atoms with E-state index in [-0.39, 0.29) is 24.4 Å². The first-order valence-corrected chi connectivity index (χ1v) is 11.2. The van der Waals surface area contributed by atoms with Crippen LogP contribution in [0, 0.1) is 0 Å². The lowest BCUT2D eigenvalue weighted by Gasteiger charge is -2.36. The number of anilines is 1. The maximum absolute atomic E-state index is 13.1. The lowest BCUT2D eigenvalue weighted by atomic mass is 10.0. The summed E-state index contributed by atoms with van der Waals surface area (Å²) in [4.78, 5) is 24.3. The molecular formula is C26H27N5O2. The van der Waals surface area contributed by atoms with Crippen molar-refractivity contribution in [2.45, 2.75) is 32.5 Å². The molecule has 7 nitrogen and oxygen atoms in total. The van der Waals surface area contributed by atoms with Crippen LogP contribution in [-0.2, 0) is 18.2 Å². The highest BCUT2D eigenvalue weighted by molar-refractivity contribution is 5.98. The van der Waals surface area contributed by atoms with E-state index in [4.69, 9.17) is 4.74 Å². The molecule has 1 saturated heterocycles. The van der Waals surface area contributed by atoms with Gasteiger partial charge in [-0.05, 0) is 49.1 Å². The normalized spacial score (nSPS) is 18.6. The molecule has 1 aliphatic rings. The minimum atomic E-state index is 0.0308. The summed E-state index contributed by atoms with van der Waals surface area (Å²) < 4.78 is 7.61. The summed E-state index contributed by atoms with van der Waals surface area (Å²) >= 11 is 0. The van der Waals surface area contributed by atoms with E-state index >= 15 is 0 Å². The Hall–Kier alpha value is -3.58. The van der Waals surface area contributed by atoms with Crippen LogP contribution in [-0.4, -0.2) is 50.8 Å². The van der Waals surface area contributed by atoms with Crippen molar-refractivity contribution in [1.82, 2.24) is 19.7 Å². The number of aromatic nitrogens is 4. The third-order valence-electron chi connectivity index (χ3n) is 5.97. The molecule has 5 rings (SSSR count). The molecule has 1 aliphatic heterocycles. The van der Waals surface area contributed by atoms with Gasteiger partial charge >= 0.3 is 0 Å². The molecule has 4 aromatic rings. The molecule has 0 saturated carbocycles. The molecule has 3 aromatic heterocycles. The van der Waals surface area contributed by atoms with E-state index in [1.165, 1.54) is 0 Å². The monoisotopic (exact) mass is 441 g/mol. The van der Waals surface area contributed by atoms with E-state index in [9.17, 15) is 4.79 Å². The molecule has 0 N–H and O–H groups in total. The van der Waals surface area contributed by atoms with Gasteiger partial charge in [0.2, 0.25) is 0 Å². The van der Waals surface area contributed by atoms with Gasteiger partial charge in [-0.2, -0.15) is 5.10 Å². The lowest BCUT2D eigenvalue weighted by Crippen LogP contribution is -2.45. The van der Waals surface area contributed by atoms with Crippen molar-refractivity contribution in [3.63, 3.8) is 0 Å². The summed E-state index contributed by atoms with van der Waals surface area (Å²) in [5.41, 5.74) is 3.55. The first-order chi connectivity index (χ1) is 15.9. The average Bonchev–Trinajstić information content (AvgIpc) is 3.24. The highest BCUT2D eigenvalue weighted by Gasteiger charge is 2.23. The Balaban J connectivity index is 1.36. The van der Waals surface area contributed by atoms with E-state index in [1.807, 2.05) is 37.8 Å². The van der Waals surface area contributed by atoms with Gasteiger partial charge in [-0.15, -0.1) is 0 Å². The third-order valence-corrected chi connectivity index (χ3v) is 5.97. The van der Waals surface area contributed by atoms with Crippen molar-refractivity contribution in [3.8, 4) is 11.1 Å². The molecular weight excluding hydrogens is 414 g/mol. The Morgan fingerprint density at radius 1 is 1.00 bits per heavy atom. The maximum atomic E-state index is 13.1. The zero-order chi connectivity index (χ0) is 22.9. The summed E-state index contributed by atoms with van der Waals surface area (Å²) in [5, 5.41) is 6.36. The van der Waals surface area contributed by atoms with Gasteiger partial charge in [0.15, 0.2) is 5.78 Å². The first-order valence-electron chi connectivity index (χ1n) is 11.2. The standard InChI is InChI=1S/C26H27N5O2/c1-17-14-31(15-18(2)33-17)26-10-20(6-7-27-26)25(32)11-24-9-22-8-19(4-5-21(22)12-28-24)23-13-29-30(3)16-23/h4-10,12-13,16-18H,11,14-15H2,1-3H3/t17-,18+. The average molecular weight is 442 g/mol. The topological polar surface area (TPSA) is 73.1 Å². The number of ether oxygens (including phenoxy) is 1. The van der Waals surface area contributed by atoms with Crippen molar-refractivity contribution in [2.24, 2.45) is 7.05 Å². The lowest BCUT2D eigenvalue weighted by molar-refractivity contribution is -0.00545. The Morgan fingerprint density at radius 3 is 2.58 bits per heavy atom. The molecule has 2 atom stereocenters. The summed E-state index contributed by atoms with van der Waals surface area (Å²) in [6.45, 7) is 5.65. The fourth-order valence-corrected chi connectivity index (χ4v) is 4.43. The van der Waals surface area contributed by atoms with Crippen molar-refractivity contribution in [2.75, 3.05) is 18.0 Å². The van der Waals surface area contributed by atoms with Crippen LogP contribution < -0.4 is 4.90 Å². The number of aryl methyl sites for hydroxylation is 1. The van der Waals surface area contributed by atoms with E-state index in [0.717, 1.165) is 46.5 Å². The molecule has 168 valence electrons. The number of hydrogen-bond donors (Lipinski definition) is 0. The maximum Gasteiger partial charge on any atom is 0.169 e. The van der Waals surface area contributed by atoms with Crippen LogP contribution in [0.2, 0.25) is 0 Å². The Morgan fingerprint density at radius 2 is 1.82 bits per heavy atom. The van der Waals surface area contributed by atoms with Crippen LogP contribution in [0.3, 0.4) is 0 Å². The second-order valence-electron chi connectivity index (χ2n) is 8.81. The second kappa shape index (κ2) is 8.75. The largest absolute Gasteiger partial charge is 0.372 e. The highest BCUT2D eigenvalue weighted by atomic mass is 16.5. The minimum Gasteiger partial charge on any atom is -0.372 e. The fraction of sp³-hybridized carbons (Fsp3) is 0.308. The number of nitrogens with zero attached hydrogens (tertiary/aromatic N) is 5. The van der Waals surface area contributed by atoms with Gasteiger partial charge in [0, 0.05) is 60.9 Å². The molecule has 0 aliphatic carbocycles. The van der Waals surface area contributed by atoms with E-state index in [0.29, 0.717) is 5.56 Å². The molecule has 4 heterocycles. The number of rotatable bonds is 5. The SMILES string of the molecule is C[C@@H]1CN(c2cc(C(=O)Cc3cc4cc(-c5cnn(C)c5)ccc4cn3)ccn2)C[C@H](C)O1. The molecule has 1 aromatic carbocycles. The second-order valence-corrected chi connectivity index (χ2v) is 8.81. The Labute approximate surface area is 193 Å². The Kier molecular flexibility index (Phi) is 5.64. The van der Waals surface area contributed by atoms with Crippen LogP contribution in [0.1, 0.15) is 29.9 Å². The van der Waals surface area contributed by atoms with Gasteiger partial charge < -0.3 is 9.64 Å². The number of Topliss-reactive ketones (excluding diaryl/α,β-unsaturated/α-hetero) is 1. The van der Waals surface area contributed by atoms with Crippen LogP contribution in [0.5, 0.6) is 0 Å². The molecule has 0 bridgehead atoms. The number of morpholine rings is 1. The minimum absolute atomic E-state index is 0.0308. The van der Waals surface area contributed by atoms with Crippen LogP contribution in [0.15, 0.2) is 61.2 Å². The quantitative estimate of drug-likeness (QED) is 0.435. The zero-order valence-corrected chi connectivity index (χ0v) is 19.1. The number of ketones is 1. The molecule has 0 radical (unpaired) electrons. The smallest absolute Gasteiger partial charge is 0.169 e. The van der Waals surface area contributed by atoms with Gasteiger partial charge in [0.05, 0.1) is 24.8 Å². The fourth-order valence-electron chi connectivity index (χ4n) is 4.43. The summed E-state index contributed by atoms with van der Waals surface area (Å²) in [7, 11) is 1.91. The van der Waals surface area contributed by atoms with E-state index in [1.54, 1.807) is 16.9 Å². The summed E-state index contributed by atoms with van der Waals surface area (Å²) in [6.07, 6.45) is 7.89. The zero-order valence-electron chi connectivity index (χ0n) is 19.1. The van der Waals surface area contributed by atoms with Gasteiger partial charge in [-0.1, -0.05) is 12.1 Å². The molecule has 7 heteroatoms. The first kappa shape index (κ1) is 21.3. The van der Waals surface area contributed by atoms with Crippen LogP contribution in [0.25, 0.3) is 21.9 Å². The van der Waals surface area contributed by atoms with E-state index < -0.39 is 0 Å². The van der Waals surface area contributed by atoms with Crippen LogP contribution >= 0.6 is 0 Å².